The molecule has 0 bridgehead atoms. The van der Waals surface area contributed by atoms with Crippen molar-refractivity contribution in [2.75, 3.05) is 26.9 Å². The van der Waals surface area contributed by atoms with E-state index in [1.807, 2.05) is 0 Å². The fourth-order valence-electron chi connectivity index (χ4n) is 1.43. The van der Waals surface area contributed by atoms with Gasteiger partial charge in [0.25, 0.3) is 5.91 Å². The number of rotatable bonds is 8. The maximum Gasteiger partial charge on any atom is 0.257 e. The second kappa shape index (κ2) is 8.26. The summed E-state index contributed by atoms with van der Waals surface area (Å²) in [6.07, 6.45) is 0.773. The lowest BCUT2D eigenvalue weighted by atomic mass is 10.1. The van der Waals surface area contributed by atoms with E-state index in [1.54, 1.807) is 31.4 Å². The van der Waals surface area contributed by atoms with Gasteiger partial charge in [0.15, 0.2) is 12.4 Å². The number of carbonyl (C=O) groups excluding carboxylic acids is 2. The van der Waals surface area contributed by atoms with Gasteiger partial charge in [-0.05, 0) is 37.6 Å². The van der Waals surface area contributed by atoms with E-state index in [9.17, 15) is 9.59 Å². The zero-order valence-corrected chi connectivity index (χ0v) is 11.3. The summed E-state index contributed by atoms with van der Waals surface area (Å²) in [6, 6.07) is 6.70. The molecule has 0 saturated heterocycles. The third kappa shape index (κ3) is 6.01. The van der Waals surface area contributed by atoms with Crippen molar-refractivity contribution in [1.82, 2.24) is 5.32 Å². The second-order valence-corrected chi connectivity index (χ2v) is 4.07. The van der Waals surface area contributed by atoms with Crippen LogP contribution in [0.4, 0.5) is 0 Å². The van der Waals surface area contributed by atoms with Gasteiger partial charge in [-0.15, -0.1) is 0 Å². The van der Waals surface area contributed by atoms with Crippen LogP contribution in [0, 0.1) is 0 Å². The van der Waals surface area contributed by atoms with Gasteiger partial charge in [0, 0.05) is 25.8 Å². The van der Waals surface area contributed by atoms with Crippen LogP contribution in [-0.4, -0.2) is 38.6 Å². The molecule has 5 heteroatoms. The number of benzene rings is 1. The molecule has 0 fully saturated rings. The Bertz CT molecular complexity index is 414. The SMILES string of the molecule is COCCCNC(=O)COc1ccc(C(C)=O)cc1. The molecule has 1 aromatic carbocycles. The standard InChI is InChI=1S/C14H19NO4/c1-11(16)12-4-6-13(7-5-12)19-10-14(17)15-8-3-9-18-2/h4-7H,3,8-10H2,1-2H3,(H,15,17). The number of hydrogen-bond donors (Lipinski definition) is 1. The van der Waals surface area contributed by atoms with Crippen LogP contribution in [0.3, 0.4) is 0 Å². The molecule has 0 unspecified atom stereocenters. The minimum absolute atomic E-state index is 0.00226. The summed E-state index contributed by atoms with van der Waals surface area (Å²) < 4.78 is 10.2. The molecular weight excluding hydrogens is 246 g/mol. The van der Waals surface area contributed by atoms with Crippen molar-refractivity contribution in [2.45, 2.75) is 13.3 Å². The van der Waals surface area contributed by atoms with Gasteiger partial charge in [-0.1, -0.05) is 0 Å². The number of Topliss-reactive ketones (excluding diaryl/α,β-unsaturated/α-hetero) is 1. The highest BCUT2D eigenvalue weighted by Gasteiger charge is 2.03. The maximum absolute atomic E-state index is 11.4. The normalized spacial score (nSPS) is 10.0. The summed E-state index contributed by atoms with van der Waals surface area (Å²) in [5.74, 6) is 0.395. The first-order valence-corrected chi connectivity index (χ1v) is 6.13. The van der Waals surface area contributed by atoms with Crippen molar-refractivity contribution < 1.29 is 19.1 Å². The molecule has 0 aliphatic carbocycles. The molecule has 0 spiro atoms. The molecule has 0 aliphatic heterocycles. The molecule has 19 heavy (non-hydrogen) atoms. The van der Waals surface area contributed by atoms with E-state index >= 15 is 0 Å². The molecule has 1 amide bonds. The Morgan fingerprint density at radius 2 is 1.89 bits per heavy atom. The van der Waals surface area contributed by atoms with Crippen LogP contribution in [-0.2, 0) is 9.53 Å². The van der Waals surface area contributed by atoms with E-state index in [4.69, 9.17) is 9.47 Å². The summed E-state index contributed by atoms with van der Waals surface area (Å²) in [4.78, 5) is 22.5. The maximum atomic E-state index is 11.4. The fourth-order valence-corrected chi connectivity index (χ4v) is 1.43. The number of ketones is 1. The van der Waals surface area contributed by atoms with Gasteiger partial charge >= 0.3 is 0 Å². The van der Waals surface area contributed by atoms with E-state index in [0.29, 0.717) is 24.5 Å². The van der Waals surface area contributed by atoms with Crippen LogP contribution in [0.25, 0.3) is 0 Å². The molecular formula is C14H19NO4. The molecule has 1 N–H and O–H groups in total. The van der Waals surface area contributed by atoms with Gasteiger partial charge in [-0.2, -0.15) is 0 Å². The van der Waals surface area contributed by atoms with Crippen molar-refractivity contribution in [3.05, 3.63) is 29.8 Å². The van der Waals surface area contributed by atoms with Crippen molar-refractivity contribution >= 4 is 11.7 Å². The molecule has 0 radical (unpaired) electrons. The van der Waals surface area contributed by atoms with E-state index < -0.39 is 0 Å². The van der Waals surface area contributed by atoms with E-state index in [-0.39, 0.29) is 18.3 Å². The predicted octanol–water partition coefficient (Wildman–Crippen LogP) is 1.42. The lowest BCUT2D eigenvalue weighted by Crippen LogP contribution is -2.30. The molecule has 0 heterocycles. The Labute approximate surface area is 112 Å². The Morgan fingerprint density at radius 1 is 1.21 bits per heavy atom. The smallest absolute Gasteiger partial charge is 0.257 e. The van der Waals surface area contributed by atoms with E-state index in [2.05, 4.69) is 5.32 Å². The summed E-state index contributed by atoms with van der Waals surface area (Å²) in [6.45, 7) is 2.66. The van der Waals surface area contributed by atoms with Crippen LogP contribution < -0.4 is 10.1 Å². The molecule has 1 aromatic rings. The first-order valence-electron chi connectivity index (χ1n) is 6.13. The number of methoxy groups -OCH3 is 1. The van der Waals surface area contributed by atoms with E-state index in [0.717, 1.165) is 6.42 Å². The number of carbonyl (C=O) groups is 2. The van der Waals surface area contributed by atoms with Gasteiger partial charge in [0.05, 0.1) is 0 Å². The van der Waals surface area contributed by atoms with Gasteiger partial charge < -0.3 is 14.8 Å². The average molecular weight is 265 g/mol. The molecule has 104 valence electrons. The highest BCUT2D eigenvalue weighted by Crippen LogP contribution is 2.12. The summed E-state index contributed by atoms with van der Waals surface area (Å²) in [5.41, 5.74) is 0.622. The summed E-state index contributed by atoms with van der Waals surface area (Å²) in [7, 11) is 1.62. The minimum Gasteiger partial charge on any atom is -0.484 e. The summed E-state index contributed by atoms with van der Waals surface area (Å²) >= 11 is 0. The molecule has 0 atom stereocenters. The second-order valence-electron chi connectivity index (χ2n) is 4.07. The zero-order valence-electron chi connectivity index (χ0n) is 11.3. The minimum atomic E-state index is -0.174. The molecule has 0 aromatic heterocycles. The first kappa shape index (κ1) is 15.2. The molecule has 1 rings (SSSR count). The fraction of sp³-hybridized carbons (Fsp3) is 0.429. The van der Waals surface area contributed by atoms with Crippen molar-refractivity contribution in [2.24, 2.45) is 0 Å². The Kier molecular flexibility index (Phi) is 6.60. The van der Waals surface area contributed by atoms with Gasteiger partial charge in [-0.25, -0.2) is 0 Å². The van der Waals surface area contributed by atoms with Crippen molar-refractivity contribution in [1.29, 1.82) is 0 Å². The van der Waals surface area contributed by atoms with Crippen LogP contribution in [0.15, 0.2) is 24.3 Å². The van der Waals surface area contributed by atoms with Crippen LogP contribution in [0.2, 0.25) is 0 Å². The Balaban J connectivity index is 2.28. The third-order valence-electron chi connectivity index (χ3n) is 2.48. The van der Waals surface area contributed by atoms with Crippen LogP contribution in [0.1, 0.15) is 23.7 Å². The topological polar surface area (TPSA) is 64.6 Å². The molecule has 0 saturated carbocycles. The number of nitrogens with one attached hydrogen (secondary N) is 1. The number of hydrogen-bond acceptors (Lipinski definition) is 4. The quantitative estimate of drug-likeness (QED) is 0.570. The molecule has 5 nitrogen and oxygen atoms in total. The molecule has 0 aliphatic rings. The van der Waals surface area contributed by atoms with Gasteiger partial charge in [-0.3, -0.25) is 9.59 Å². The largest absolute Gasteiger partial charge is 0.484 e. The van der Waals surface area contributed by atoms with Crippen LogP contribution >= 0.6 is 0 Å². The highest BCUT2D eigenvalue weighted by molar-refractivity contribution is 5.94. The monoisotopic (exact) mass is 265 g/mol. The van der Waals surface area contributed by atoms with Crippen molar-refractivity contribution in [3.63, 3.8) is 0 Å². The summed E-state index contributed by atoms with van der Waals surface area (Å²) in [5, 5.41) is 2.72. The predicted molar refractivity (Wildman–Crippen MR) is 71.4 cm³/mol. The van der Waals surface area contributed by atoms with E-state index in [1.165, 1.54) is 6.92 Å². The Hall–Kier alpha value is -1.88. The Morgan fingerprint density at radius 3 is 2.47 bits per heavy atom. The third-order valence-corrected chi connectivity index (χ3v) is 2.48. The number of ether oxygens (including phenoxy) is 2. The van der Waals surface area contributed by atoms with Crippen LogP contribution in [0.5, 0.6) is 5.75 Å². The lowest BCUT2D eigenvalue weighted by Gasteiger charge is -2.07. The number of amides is 1. The average Bonchev–Trinajstić information content (AvgIpc) is 2.42. The zero-order chi connectivity index (χ0) is 14.1. The first-order chi connectivity index (χ1) is 9.13. The van der Waals surface area contributed by atoms with Crippen molar-refractivity contribution in [3.8, 4) is 5.75 Å². The van der Waals surface area contributed by atoms with Gasteiger partial charge in [0.1, 0.15) is 5.75 Å². The van der Waals surface area contributed by atoms with Gasteiger partial charge in [0.2, 0.25) is 0 Å². The highest BCUT2D eigenvalue weighted by atomic mass is 16.5. The lowest BCUT2D eigenvalue weighted by molar-refractivity contribution is -0.123.